The van der Waals surface area contributed by atoms with Crippen LogP contribution in [0.15, 0.2) is 0 Å². The Balaban J connectivity index is 0.000000640. The Bertz CT molecular complexity index is 73.4. The minimum absolute atomic E-state index is 0. The van der Waals surface area contributed by atoms with Crippen LogP contribution in [0, 0.1) is 0 Å². The average Bonchev–Trinajstić information content (AvgIpc) is 1.64. The van der Waals surface area contributed by atoms with Gasteiger partial charge in [-0.2, -0.15) is 0 Å². The van der Waals surface area contributed by atoms with Crippen LogP contribution in [0.5, 0.6) is 0 Å². The smallest absolute Gasteiger partial charge is 0.103 e. The summed E-state index contributed by atoms with van der Waals surface area (Å²) in [4.78, 5) is 0. The zero-order chi connectivity index (χ0) is 5.98. The van der Waals surface area contributed by atoms with Crippen LogP contribution in [0.3, 0.4) is 0 Å². The van der Waals surface area contributed by atoms with Crippen molar-refractivity contribution in [3.05, 3.63) is 0 Å². The van der Waals surface area contributed by atoms with E-state index in [1.165, 1.54) is 6.42 Å². The van der Waals surface area contributed by atoms with Gasteiger partial charge in [0, 0.05) is 5.25 Å². The fourth-order valence-electron chi connectivity index (χ4n) is 0.795. The number of halogens is 1. The second-order valence-electron chi connectivity index (χ2n) is 2.11. The van der Waals surface area contributed by atoms with Gasteiger partial charge in [0.15, 0.2) is 0 Å². The van der Waals surface area contributed by atoms with Gasteiger partial charge in [-0.3, -0.25) is 5.32 Å². The first-order valence-corrected chi connectivity index (χ1v) is 3.88. The molecule has 1 saturated heterocycles. The van der Waals surface area contributed by atoms with Gasteiger partial charge in [-0.1, -0.05) is 6.92 Å². The molecule has 1 rings (SSSR count). The summed E-state index contributed by atoms with van der Waals surface area (Å²) in [5.74, 6) is 0. The lowest BCUT2D eigenvalue weighted by atomic mass is 10.3. The minimum Gasteiger partial charge on any atom is -0.307 e. The largest absolute Gasteiger partial charge is 0.307 e. The van der Waals surface area contributed by atoms with Gasteiger partial charge in [-0.25, -0.2) is 0 Å². The molecule has 0 radical (unpaired) electrons. The van der Waals surface area contributed by atoms with Crippen molar-refractivity contribution in [1.82, 2.24) is 5.32 Å². The molecule has 0 aromatic carbocycles. The topological polar surface area (TPSA) is 38.0 Å². The highest BCUT2D eigenvalue weighted by Crippen LogP contribution is 2.18. The second kappa shape index (κ2) is 4.39. The molecule has 9 heavy (non-hydrogen) atoms. The molecule has 0 aromatic heterocycles. The first kappa shape index (κ1) is 9.56. The van der Waals surface area contributed by atoms with Crippen molar-refractivity contribution in [2.75, 3.05) is 6.54 Å². The van der Waals surface area contributed by atoms with E-state index in [-0.39, 0.29) is 17.9 Å². The molecule has 2 nitrogen and oxygen atoms in total. The maximum Gasteiger partial charge on any atom is 0.103 e. The van der Waals surface area contributed by atoms with Crippen molar-refractivity contribution in [1.29, 1.82) is 0 Å². The van der Waals surface area contributed by atoms with Gasteiger partial charge in [0.25, 0.3) is 0 Å². The molecule has 0 spiro atoms. The van der Waals surface area contributed by atoms with E-state index in [9.17, 15) is 0 Å². The average molecular weight is 169 g/mol. The summed E-state index contributed by atoms with van der Waals surface area (Å²) in [7, 11) is 0. The van der Waals surface area contributed by atoms with E-state index in [0.29, 0.717) is 0 Å². The summed E-state index contributed by atoms with van der Waals surface area (Å²) in [6.07, 6.45) is 1.25. The summed E-state index contributed by atoms with van der Waals surface area (Å²) in [5.41, 5.74) is 5.76. The predicted molar refractivity (Wildman–Crippen MR) is 44.9 cm³/mol. The van der Waals surface area contributed by atoms with Crippen LogP contribution in [0.4, 0.5) is 0 Å². The molecule has 1 fully saturated rings. The van der Waals surface area contributed by atoms with Gasteiger partial charge in [0.2, 0.25) is 0 Å². The lowest BCUT2D eigenvalue weighted by molar-refractivity contribution is 0.600. The number of rotatable bonds is 0. The van der Waals surface area contributed by atoms with E-state index < -0.39 is 0 Å². The molecule has 0 amide bonds. The van der Waals surface area contributed by atoms with Crippen LogP contribution in [0.2, 0.25) is 0 Å². The molecule has 3 N–H and O–H groups in total. The van der Waals surface area contributed by atoms with Crippen molar-refractivity contribution in [3.63, 3.8) is 0 Å². The number of hydrogen-bond donors (Lipinski definition) is 2. The molecule has 1 aliphatic heterocycles. The highest BCUT2D eigenvalue weighted by Gasteiger charge is 2.13. The van der Waals surface area contributed by atoms with Crippen molar-refractivity contribution in [2.45, 2.75) is 24.1 Å². The van der Waals surface area contributed by atoms with Gasteiger partial charge >= 0.3 is 0 Å². The maximum atomic E-state index is 5.58. The normalized spacial score (nSPS) is 35.3. The van der Waals surface area contributed by atoms with Crippen LogP contribution in [-0.2, 0) is 0 Å². The van der Waals surface area contributed by atoms with Crippen molar-refractivity contribution < 1.29 is 0 Å². The molecule has 2 unspecified atom stereocenters. The predicted octanol–water partition coefficient (Wildman–Crippen LogP) is 0.765. The molecular weight excluding hydrogens is 156 g/mol. The number of thioether (sulfide) groups is 1. The molecule has 0 aliphatic carbocycles. The van der Waals surface area contributed by atoms with Gasteiger partial charge in [-0.15, -0.1) is 24.2 Å². The Kier molecular flexibility index (Phi) is 4.66. The monoisotopic (exact) mass is 168 g/mol. The Hall–Kier alpha value is 0.560. The quantitative estimate of drug-likeness (QED) is 0.561. The fourth-order valence-corrected chi connectivity index (χ4v) is 1.76. The Morgan fingerprint density at radius 1 is 1.67 bits per heavy atom. The van der Waals surface area contributed by atoms with Crippen LogP contribution in [-0.4, -0.2) is 17.3 Å². The van der Waals surface area contributed by atoms with E-state index in [1.807, 2.05) is 11.8 Å². The highest BCUT2D eigenvalue weighted by atomic mass is 35.5. The van der Waals surface area contributed by atoms with E-state index >= 15 is 0 Å². The first-order chi connectivity index (χ1) is 3.79. The van der Waals surface area contributed by atoms with E-state index in [1.54, 1.807) is 0 Å². The van der Waals surface area contributed by atoms with Crippen molar-refractivity contribution in [2.24, 2.45) is 5.73 Å². The lowest BCUT2D eigenvalue weighted by Gasteiger charge is -2.23. The standard InChI is InChI=1S/C5H12N2S.ClH/c1-4-2-3-7-5(6)8-4;/h4-5,7H,2-3,6H2,1H3;1H. The molecule has 0 bridgehead atoms. The third kappa shape index (κ3) is 3.30. The van der Waals surface area contributed by atoms with Gasteiger partial charge < -0.3 is 5.73 Å². The summed E-state index contributed by atoms with van der Waals surface area (Å²) in [5, 5.41) is 3.89. The van der Waals surface area contributed by atoms with Crippen molar-refractivity contribution >= 4 is 24.2 Å². The molecule has 1 heterocycles. The summed E-state index contributed by atoms with van der Waals surface area (Å²) >= 11 is 1.81. The van der Waals surface area contributed by atoms with Crippen LogP contribution >= 0.6 is 24.2 Å². The van der Waals surface area contributed by atoms with Crippen LogP contribution in [0.25, 0.3) is 0 Å². The SMILES string of the molecule is CC1CCNC(N)S1.Cl. The third-order valence-electron chi connectivity index (χ3n) is 1.28. The summed E-state index contributed by atoms with van der Waals surface area (Å²) < 4.78 is 0. The zero-order valence-corrected chi connectivity index (χ0v) is 7.10. The number of hydrogen-bond acceptors (Lipinski definition) is 3. The Morgan fingerprint density at radius 2 is 2.33 bits per heavy atom. The fraction of sp³-hybridized carbons (Fsp3) is 1.00. The number of nitrogens with two attached hydrogens (primary N) is 1. The summed E-state index contributed by atoms with van der Waals surface area (Å²) in [6.45, 7) is 3.29. The Labute approximate surface area is 66.4 Å². The number of nitrogens with one attached hydrogen (secondary N) is 1. The zero-order valence-electron chi connectivity index (χ0n) is 5.46. The molecule has 1 aliphatic rings. The van der Waals surface area contributed by atoms with E-state index in [4.69, 9.17) is 5.73 Å². The van der Waals surface area contributed by atoms with Crippen LogP contribution < -0.4 is 11.1 Å². The molecule has 4 heteroatoms. The molecular formula is C5H13ClN2S. The first-order valence-electron chi connectivity index (χ1n) is 2.93. The van der Waals surface area contributed by atoms with Gasteiger partial charge in [-0.05, 0) is 13.0 Å². The molecule has 0 saturated carbocycles. The van der Waals surface area contributed by atoms with Crippen molar-refractivity contribution in [3.8, 4) is 0 Å². The lowest BCUT2D eigenvalue weighted by Crippen LogP contribution is -2.40. The van der Waals surface area contributed by atoms with Gasteiger partial charge in [0.1, 0.15) is 5.50 Å². The molecule has 2 atom stereocenters. The van der Waals surface area contributed by atoms with Crippen LogP contribution in [0.1, 0.15) is 13.3 Å². The maximum absolute atomic E-state index is 5.58. The van der Waals surface area contributed by atoms with E-state index in [0.717, 1.165) is 11.8 Å². The highest BCUT2D eigenvalue weighted by molar-refractivity contribution is 8.00. The summed E-state index contributed by atoms with van der Waals surface area (Å²) in [6, 6.07) is 0. The van der Waals surface area contributed by atoms with E-state index in [2.05, 4.69) is 12.2 Å². The third-order valence-corrected chi connectivity index (χ3v) is 2.44. The minimum atomic E-state index is 0. The van der Waals surface area contributed by atoms with Gasteiger partial charge in [0.05, 0.1) is 0 Å². The molecule has 0 aromatic rings. The molecule has 56 valence electrons. The Morgan fingerprint density at radius 3 is 2.67 bits per heavy atom. The second-order valence-corrected chi connectivity index (χ2v) is 3.69.